The third kappa shape index (κ3) is 1.74. The van der Waals surface area contributed by atoms with Crippen LogP contribution in [0.3, 0.4) is 0 Å². The van der Waals surface area contributed by atoms with Crippen LogP contribution in [-0.2, 0) is 5.41 Å². The van der Waals surface area contributed by atoms with E-state index >= 15 is 0 Å². The van der Waals surface area contributed by atoms with Crippen molar-refractivity contribution in [3.63, 3.8) is 0 Å². The summed E-state index contributed by atoms with van der Waals surface area (Å²) < 4.78 is 5.99. The van der Waals surface area contributed by atoms with E-state index in [9.17, 15) is 0 Å². The van der Waals surface area contributed by atoms with Gasteiger partial charge in [0.15, 0.2) is 0 Å². The van der Waals surface area contributed by atoms with Crippen molar-refractivity contribution < 1.29 is 4.74 Å². The van der Waals surface area contributed by atoms with Crippen LogP contribution in [0.1, 0.15) is 36.6 Å². The lowest BCUT2D eigenvalue weighted by molar-refractivity contribution is 0.135. The minimum Gasteiger partial charge on any atom is -0.493 e. The first-order valence-corrected chi connectivity index (χ1v) is 7.64. The molecule has 110 valence electrons. The van der Waals surface area contributed by atoms with Gasteiger partial charge in [-0.1, -0.05) is 38.1 Å². The van der Waals surface area contributed by atoms with Gasteiger partial charge in [0.1, 0.15) is 5.75 Å². The maximum Gasteiger partial charge on any atom is 0.125 e. The number of rotatable bonds is 0. The summed E-state index contributed by atoms with van der Waals surface area (Å²) in [6.07, 6.45) is 0. The molecular formula is C19H18N2O. The second-order valence-corrected chi connectivity index (χ2v) is 6.67. The molecule has 0 amide bonds. The second-order valence-electron chi connectivity index (χ2n) is 6.67. The molecule has 3 heteroatoms. The van der Waals surface area contributed by atoms with Crippen LogP contribution in [0.2, 0.25) is 0 Å². The van der Waals surface area contributed by atoms with E-state index in [4.69, 9.17) is 10.00 Å². The number of hydrogen-bond acceptors (Lipinski definition) is 3. The summed E-state index contributed by atoms with van der Waals surface area (Å²) in [5.41, 5.74) is 4.38. The molecule has 0 bridgehead atoms. The van der Waals surface area contributed by atoms with Crippen molar-refractivity contribution >= 4 is 5.69 Å². The number of anilines is 1. The highest BCUT2D eigenvalue weighted by molar-refractivity contribution is 5.61. The molecule has 1 N–H and O–H groups in total. The van der Waals surface area contributed by atoms with Gasteiger partial charge in [0, 0.05) is 22.6 Å². The minimum atomic E-state index is 0.0398. The third-order valence-electron chi connectivity index (χ3n) is 5.16. The highest BCUT2D eigenvalue weighted by atomic mass is 16.5. The first kappa shape index (κ1) is 13.2. The fourth-order valence-corrected chi connectivity index (χ4v) is 3.82. The lowest BCUT2D eigenvalue weighted by Crippen LogP contribution is -2.46. The molecule has 2 aliphatic rings. The second kappa shape index (κ2) is 4.51. The Balaban J connectivity index is 1.85. The Morgan fingerprint density at radius 3 is 2.86 bits per heavy atom. The summed E-state index contributed by atoms with van der Waals surface area (Å²) in [6, 6.07) is 16.7. The van der Waals surface area contributed by atoms with E-state index in [1.165, 1.54) is 11.3 Å². The molecule has 0 aliphatic carbocycles. The predicted octanol–water partition coefficient (Wildman–Crippen LogP) is 4.01. The topological polar surface area (TPSA) is 45.0 Å². The van der Waals surface area contributed by atoms with E-state index in [0.29, 0.717) is 18.1 Å². The third-order valence-corrected chi connectivity index (χ3v) is 5.16. The molecule has 2 aliphatic heterocycles. The zero-order chi connectivity index (χ0) is 15.3. The molecule has 0 unspecified atom stereocenters. The van der Waals surface area contributed by atoms with Crippen LogP contribution in [-0.4, -0.2) is 6.61 Å². The smallest absolute Gasteiger partial charge is 0.125 e. The maximum atomic E-state index is 9.06. The van der Waals surface area contributed by atoms with Crippen molar-refractivity contribution in [2.24, 2.45) is 5.92 Å². The number of nitrogens with one attached hydrogen (secondary N) is 1. The van der Waals surface area contributed by atoms with Gasteiger partial charge < -0.3 is 10.1 Å². The lowest BCUT2D eigenvalue weighted by Gasteiger charge is -2.48. The number of benzene rings is 2. The summed E-state index contributed by atoms with van der Waals surface area (Å²) in [6.45, 7) is 5.26. The van der Waals surface area contributed by atoms with Crippen LogP contribution in [0.25, 0.3) is 0 Å². The van der Waals surface area contributed by atoms with Crippen LogP contribution in [0.4, 0.5) is 5.69 Å². The largest absolute Gasteiger partial charge is 0.493 e. The fourth-order valence-electron chi connectivity index (χ4n) is 3.82. The van der Waals surface area contributed by atoms with Crippen molar-refractivity contribution in [3.8, 4) is 11.8 Å². The molecule has 2 aromatic rings. The zero-order valence-corrected chi connectivity index (χ0v) is 12.8. The van der Waals surface area contributed by atoms with E-state index in [0.717, 1.165) is 11.3 Å². The van der Waals surface area contributed by atoms with Crippen molar-refractivity contribution in [2.45, 2.75) is 25.3 Å². The highest BCUT2D eigenvalue weighted by Crippen LogP contribution is 2.51. The zero-order valence-electron chi connectivity index (χ0n) is 12.8. The average molecular weight is 290 g/mol. The van der Waals surface area contributed by atoms with E-state index in [1.54, 1.807) is 0 Å². The molecule has 0 saturated carbocycles. The Labute approximate surface area is 130 Å². The SMILES string of the molecule is CC1(C)c2ccccc2N[C@H]2c3ccc(C#N)cc3OC[C@H]21. The van der Waals surface area contributed by atoms with Gasteiger partial charge in [0.2, 0.25) is 0 Å². The minimum absolute atomic E-state index is 0.0398. The predicted molar refractivity (Wildman–Crippen MR) is 86.0 cm³/mol. The van der Waals surface area contributed by atoms with Gasteiger partial charge in [-0.25, -0.2) is 0 Å². The quantitative estimate of drug-likeness (QED) is 0.797. The van der Waals surface area contributed by atoms with E-state index in [-0.39, 0.29) is 11.5 Å². The van der Waals surface area contributed by atoms with Gasteiger partial charge in [0.05, 0.1) is 24.3 Å². The van der Waals surface area contributed by atoms with Crippen molar-refractivity contribution in [1.29, 1.82) is 5.26 Å². The molecule has 0 spiro atoms. The Bertz CT molecular complexity index is 788. The van der Waals surface area contributed by atoms with Crippen LogP contribution in [0, 0.1) is 17.2 Å². The summed E-state index contributed by atoms with van der Waals surface area (Å²) in [5, 5.41) is 12.7. The van der Waals surface area contributed by atoms with Gasteiger partial charge in [-0.2, -0.15) is 5.26 Å². The number of hydrogen-bond donors (Lipinski definition) is 1. The average Bonchev–Trinajstić information content (AvgIpc) is 2.54. The summed E-state index contributed by atoms with van der Waals surface area (Å²) in [7, 11) is 0. The molecular weight excluding hydrogens is 272 g/mol. The summed E-state index contributed by atoms with van der Waals surface area (Å²) in [4.78, 5) is 0. The number of nitrogens with zero attached hydrogens (tertiary/aromatic N) is 1. The Kier molecular flexibility index (Phi) is 2.71. The molecule has 0 radical (unpaired) electrons. The standard InChI is InChI=1S/C19H18N2O/c1-19(2)14-5-3-4-6-16(14)21-18-13-8-7-12(10-20)9-17(13)22-11-15(18)19/h3-9,15,18,21H,11H2,1-2H3/t15-,18+/m1/s1. The van der Waals surface area contributed by atoms with Crippen LogP contribution in [0.5, 0.6) is 5.75 Å². The van der Waals surface area contributed by atoms with E-state index in [2.05, 4.69) is 49.5 Å². The monoisotopic (exact) mass is 290 g/mol. The molecule has 3 nitrogen and oxygen atoms in total. The first-order chi connectivity index (χ1) is 10.6. The molecule has 2 aromatic carbocycles. The molecule has 0 aromatic heterocycles. The Morgan fingerprint density at radius 1 is 1.23 bits per heavy atom. The van der Waals surface area contributed by atoms with Crippen molar-refractivity contribution in [3.05, 3.63) is 59.2 Å². The van der Waals surface area contributed by atoms with Crippen LogP contribution in [0.15, 0.2) is 42.5 Å². The van der Waals surface area contributed by atoms with E-state index in [1.807, 2.05) is 18.2 Å². The number of nitriles is 1. The van der Waals surface area contributed by atoms with Crippen molar-refractivity contribution in [2.75, 3.05) is 11.9 Å². The molecule has 22 heavy (non-hydrogen) atoms. The van der Waals surface area contributed by atoms with E-state index < -0.39 is 0 Å². The molecule has 4 rings (SSSR count). The normalized spacial score (nSPS) is 23.9. The molecule has 2 heterocycles. The Morgan fingerprint density at radius 2 is 2.05 bits per heavy atom. The molecule has 0 saturated heterocycles. The fraction of sp³-hybridized carbons (Fsp3) is 0.316. The first-order valence-electron chi connectivity index (χ1n) is 7.64. The van der Waals surface area contributed by atoms with Gasteiger partial charge in [-0.05, 0) is 23.8 Å². The lowest BCUT2D eigenvalue weighted by atomic mass is 9.65. The van der Waals surface area contributed by atoms with Crippen molar-refractivity contribution in [1.82, 2.24) is 0 Å². The number of fused-ring (bicyclic) bond motifs is 4. The maximum absolute atomic E-state index is 9.06. The van der Waals surface area contributed by atoms with Gasteiger partial charge >= 0.3 is 0 Å². The molecule has 0 fully saturated rings. The Hall–Kier alpha value is -2.47. The van der Waals surface area contributed by atoms with Gasteiger partial charge in [0.25, 0.3) is 0 Å². The van der Waals surface area contributed by atoms with Gasteiger partial charge in [-0.3, -0.25) is 0 Å². The highest BCUT2D eigenvalue weighted by Gasteiger charge is 2.46. The van der Waals surface area contributed by atoms with Crippen LogP contribution < -0.4 is 10.1 Å². The summed E-state index contributed by atoms with van der Waals surface area (Å²) >= 11 is 0. The van der Waals surface area contributed by atoms with Gasteiger partial charge in [-0.15, -0.1) is 0 Å². The van der Waals surface area contributed by atoms with Crippen LogP contribution >= 0.6 is 0 Å². The molecule has 2 atom stereocenters. The summed E-state index contributed by atoms with van der Waals surface area (Å²) in [5.74, 6) is 1.20. The number of ether oxygens (including phenoxy) is 1. The number of para-hydroxylation sites is 1.